The zero-order valence-corrected chi connectivity index (χ0v) is 14.7. The third-order valence-electron chi connectivity index (χ3n) is 4.57. The topological polar surface area (TPSA) is 40.5 Å². The first-order valence-corrected chi connectivity index (χ1v) is 8.83. The number of aliphatic carboxylic acids is 1. The Morgan fingerprint density at radius 2 is 1.83 bits per heavy atom. The number of carbonyl (C=O) groups is 1. The predicted octanol–water partition coefficient (Wildman–Crippen LogP) is 4.47. The number of piperidine rings is 1. The van der Waals surface area contributed by atoms with Crippen LogP contribution in [0.4, 0.5) is 4.39 Å². The zero-order chi connectivity index (χ0) is 17.1. The second kappa shape index (κ2) is 7.45. The van der Waals surface area contributed by atoms with Crippen molar-refractivity contribution < 1.29 is 14.3 Å². The summed E-state index contributed by atoms with van der Waals surface area (Å²) in [5, 5.41) is 9.38. The molecule has 1 aliphatic rings. The number of hydrogen-bond donors (Lipinski definition) is 1. The molecule has 1 N–H and O–H groups in total. The van der Waals surface area contributed by atoms with Crippen LogP contribution in [0.1, 0.15) is 30.0 Å². The van der Waals surface area contributed by atoms with Crippen LogP contribution < -0.4 is 0 Å². The molecule has 1 heterocycles. The van der Waals surface area contributed by atoms with Crippen LogP contribution in [0.25, 0.3) is 0 Å². The normalized spacial score (nSPS) is 19.8. The molecule has 0 aromatic heterocycles. The summed E-state index contributed by atoms with van der Waals surface area (Å²) < 4.78 is 15.4. The van der Waals surface area contributed by atoms with Crippen LogP contribution in [-0.2, 0) is 4.79 Å². The first kappa shape index (κ1) is 17.1. The molecule has 2 atom stereocenters. The van der Waals surface area contributed by atoms with Crippen LogP contribution in [0.15, 0.2) is 53.0 Å². The van der Waals surface area contributed by atoms with Crippen LogP contribution in [-0.4, -0.2) is 29.1 Å². The third-order valence-corrected chi connectivity index (χ3v) is 5.29. The largest absolute Gasteiger partial charge is 0.481 e. The minimum absolute atomic E-state index is 0.268. The first-order valence-electron chi connectivity index (χ1n) is 8.03. The molecule has 1 fully saturated rings. The van der Waals surface area contributed by atoms with Crippen LogP contribution >= 0.6 is 15.9 Å². The van der Waals surface area contributed by atoms with Gasteiger partial charge in [0.1, 0.15) is 5.82 Å². The standard InChI is InChI=1S/C19H19BrFNO2/c20-16-9-3-1-7-14(16)18(15-8-2-4-10-17(15)21)22-11-5-6-13(12-22)19(23)24/h1-4,7-10,13,18H,5-6,11-12H2,(H,23,24). The van der Waals surface area contributed by atoms with E-state index >= 15 is 0 Å². The van der Waals surface area contributed by atoms with E-state index in [1.807, 2.05) is 30.3 Å². The van der Waals surface area contributed by atoms with Gasteiger partial charge in [-0.05, 0) is 37.1 Å². The maximum atomic E-state index is 14.5. The van der Waals surface area contributed by atoms with Crippen molar-refractivity contribution in [3.05, 3.63) is 69.9 Å². The van der Waals surface area contributed by atoms with Gasteiger partial charge >= 0.3 is 5.97 Å². The summed E-state index contributed by atoms with van der Waals surface area (Å²) in [6.07, 6.45) is 1.47. The molecule has 2 aromatic carbocycles. The summed E-state index contributed by atoms with van der Waals surface area (Å²) in [5.74, 6) is -1.45. The quantitative estimate of drug-likeness (QED) is 0.835. The number of likely N-dealkylation sites (tertiary alicyclic amines) is 1. The van der Waals surface area contributed by atoms with Crippen molar-refractivity contribution in [2.45, 2.75) is 18.9 Å². The maximum absolute atomic E-state index is 14.5. The molecule has 3 rings (SSSR count). The maximum Gasteiger partial charge on any atom is 0.307 e. The van der Waals surface area contributed by atoms with E-state index in [0.717, 1.165) is 23.0 Å². The van der Waals surface area contributed by atoms with Crippen molar-refractivity contribution in [1.29, 1.82) is 0 Å². The number of nitrogens with zero attached hydrogens (tertiary/aromatic N) is 1. The van der Waals surface area contributed by atoms with Crippen LogP contribution in [0.5, 0.6) is 0 Å². The van der Waals surface area contributed by atoms with Crippen LogP contribution in [0.3, 0.4) is 0 Å². The average molecular weight is 392 g/mol. The Morgan fingerprint density at radius 1 is 1.17 bits per heavy atom. The van der Waals surface area contributed by atoms with Gasteiger partial charge in [0.05, 0.1) is 12.0 Å². The Kier molecular flexibility index (Phi) is 5.31. The summed E-state index contributed by atoms with van der Waals surface area (Å²) in [7, 11) is 0. The van der Waals surface area contributed by atoms with E-state index in [0.29, 0.717) is 18.5 Å². The number of halogens is 2. The smallest absolute Gasteiger partial charge is 0.307 e. The van der Waals surface area contributed by atoms with Crippen LogP contribution in [0.2, 0.25) is 0 Å². The minimum Gasteiger partial charge on any atom is -0.481 e. The monoisotopic (exact) mass is 391 g/mol. The van der Waals surface area contributed by atoms with Crippen molar-refractivity contribution in [3.63, 3.8) is 0 Å². The Balaban J connectivity index is 2.04. The van der Waals surface area contributed by atoms with Gasteiger partial charge in [0.15, 0.2) is 0 Å². The van der Waals surface area contributed by atoms with Crippen molar-refractivity contribution in [2.24, 2.45) is 5.92 Å². The number of carboxylic acids is 1. The molecule has 126 valence electrons. The van der Waals surface area contributed by atoms with E-state index < -0.39 is 11.9 Å². The van der Waals surface area contributed by atoms with Gasteiger partial charge in [-0.25, -0.2) is 4.39 Å². The summed E-state index contributed by atoms with van der Waals surface area (Å²) in [4.78, 5) is 13.5. The molecule has 1 aliphatic heterocycles. The Morgan fingerprint density at radius 3 is 2.50 bits per heavy atom. The van der Waals surface area contributed by atoms with E-state index in [1.54, 1.807) is 12.1 Å². The molecule has 2 aromatic rings. The van der Waals surface area contributed by atoms with Gasteiger partial charge in [0.25, 0.3) is 0 Å². The number of hydrogen-bond acceptors (Lipinski definition) is 2. The number of rotatable bonds is 4. The summed E-state index contributed by atoms with van der Waals surface area (Å²) in [5.41, 5.74) is 1.53. The Hall–Kier alpha value is -1.72. The molecule has 0 radical (unpaired) electrons. The molecule has 2 unspecified atom stereocenters. The van der Waals surface area contributed by atoms with Gasteiger partial charge < -0.3 is 5.11 Å². The average Bonchev–Trinajstić information content (AvgIpc) is 2.59. The first-order chi connectivity index (χ1) is 11.6. The van der Waals surface area contributed by atoms with E-state index in [1.165, 1.54) is 6.07 Å². The molecule has 0 spiro atoms. The lowest BCUT2D eigenvalue weighted by molar-refractivity contribution is -0.143. The summed E-state index contributed by atoms with van der Waals surface area (Å²) >= 11 is 3.56. The minimum atomic E-state index is -0.779. The Labute approximate surface area is 149 Å². The lowest BCUT2D eigenvalue weighted by atomic mass is 9.91. The van der Waals surface area contributed by atoms with Gasteiger partial charge in [0.2, 0.25) is 0 Å². The highest BCUT2D eigenvalue weighted by atomic mass is 79.9. The molecule has 3 nitrogen and oxygen atoms in total. The van der Waals surface area contributed by atoms with Crippen LogP contribution in [0, 0.1) is 11.7 Å². The van der Waals surface area contributed by atoms with Gasteiger partial charge in [0, 0.05) is 16.6 Å². The molecule has 5 heteroatoms. The SMILES string of the molecule is O=C(O)C1CCCN(C(c2ccccc2F)c2ccccc2Br)C1. The molecular weight excluding hydrogens is 373 g/mol. The Bertz CT molecular complexity index is 691. The van der Waals surface area contributed by atoms with E-state index in [-0.39, 0.29) is 11.9 Å². The van der Waals surface area contributed by atoms with Crippen molar-refractivity contribution in [1.82, 2.24) is 4.90 Å². The molecular formula is C19H19BrFNO2. The van der Waals surface area contributed by atoms with E-state index in [9.17, 15) is 14.3 Å². The van der Waals surface area contributed by atoms with Crippen molar-refractivity contribution >= 4 is 21.9 Å². The highest BCUT2D eigenvalue weighted by molar-refractivity contribution is 9.10. The van der Waals surface area contributed by atoms with E-state index in [2.05, 4.69) is 20.8 Å². The molecule has 0 saturated carbocycles. The van der Waals surface area contributed by atoms with Crippen molar-refractivity contribution in [2.75, 3.05) is 13.1 Å². The second-order valence-electron chi connectivity index (χ2n) is 6.12. The van der Waals surface area contributed by atoms with Gasteiger partial charge in [-0.15, -0.1) is 0 Å². The lowest BCUT2D eigenvalue weighted by Crippen LogP contribution is -2.41. The third kappa shape index (κ3) is 3.52. The van der Waals surface area contributed by atoms with E-state index in [4.69, 9.17) is 0 Å². The molecule has 0 bridgehead atoms. The fourth-order valence-corrected chi connectivity index (χ4v) is 3.90. The van der Waals surface area contributed by atoms with Gasteiger partial charge in [-0.2, -0.15) is 0 Å². The molecule has 0 aliphatic carbocycles. The lowest BCUT2D eigenvalue weighted by Gasteiger charge is -2.38. The van der Waals surface area contributed by atoms with Gasteiger partial charge in [-0.1, -0.05) is 52.3 Å². The fourth-order valence-electron chi connectivity index (χ4n) is 3.40. The van der Waals surface area contributed by atoms with Gasteiger partial charge in [-0.3, -0.25) is 9.69 Å². The highest BCUT2D eigenvalue weighted by Crippen LogP contribution is 2.37. The predicted molar refractivity (Wildman–Crippen MR) is 94.3 cm³/mol. The fraction of sp³-hybridized carbons (Fsp3) is 0.316. The zero-order valence-electron chi connectivity index (χ0n) is 13.2. The summed E-state index contributed by atoms with van der Waals surface area (Å²) in [6.45, 7) is 1.18. The highest BCUT2D eigenvalue weighted by Gasteiger charge is 2.33. The number of benzene rings is 2. The molecule has 1 saturated heterocycles. The second-order valence-corrected chi connectivity index (χ2v) is 6.97. The number of carboxylic acid groups (broad SMARTS) is 1. The molecule has 0 amide bonds. The summed E-state index contributed by atoms with van der Waals surface area (Å²) in [6, 6.07) is 14.2. The molecule has 24 heavy (non-hydrogen) atoms. The van der Waals surface area contributed by atoms with Crippen molar-refractivity contribution in [3.8, 4) is 0 Å².